The van der Waals surface area contributed by atoms with Crippen LogP contribution in [0.2, 0.25) is 0 Å². The highest BCUT2D eigenvalue weighted by atomic mass is 35.5. The van der Waals surface area contributed by atoms with Crippen LogP contribution in [-0.4, -0.2) is 36.5 Å². The summed E-state index contributed by atoms with van der Waals surface area (Å²) >= 11 is 0. The number of nitrogens with one attached hydrogen (secondary N) is 1. The SMILES string of the molecule is Cl.O=C(C1CCCN1)N1CCCCCCC1. The number of hydrogen-bond acceptors (Lipinski definition) is 2. The summed E-state index contributed by atoms with van der Waals surface area (Å²) < 4.78 is 0. The van der Waals surface area contributed by atoms with Gasteiger partial charge in [-0.1, -0.05) is 19.3 Å². The lowest BCUT2D eigenvalue weighted by Crippen LogP contribution is -2.44. The maximum atomic E-state index is 12.1. The van der Waals surface area contributed by atoms with Crippen LogP contribution in [-0.2, 0) is 4.79 Å². The van der Waals surface area contributed by atoms with E-state index in [0.29, 0.717) is 5.91 Å². The number of halogens is 1. The van der Waals surface area contributed by atoms with Crippen molar-refractivity contribution in [3.05, 3.63) is 0 Å². The van der Waals surface area contributed by atoms with Crippen molar-refractivity contribution >= 4 is 18.3 Å². The molecule has 1 amide bonds. The molecule has 0 spiro atoms. The van der Waals surface area contributed by atoms with E-state index >= 15 is 0 Å². The molecular weight excluding hydrogens is 224 g/mol. The lowest BCUT2D eigenvalue weighted by Gasteiger charge is -2.27. The van der Waals surface area contributed by atoms with Crippen LogP contribution in [0.1, 0.15) is 44.9 Å². The minimum Gasteiger partial charge on any atom is -0.341 e. The number of rotatable bonds is 1. The molecule has 2 saturated heterocycles. The molecular formula is C12H23ClN2O. The number of carbonyl (C=O) groups is 1. The van der Waals surface area contributed by atoms with Gasteiger partial charge in [0.15, 0.2) is 0 Å². The van der Waals surface area contributed by atoms with Crippen molar-refractivity contribution in [1.29, 1.82) is 0 Å². The Morgan fingerprint density at radius 2 is 1.62 bits per heavy atom. The Labute approximate surface area is 104 Å². The first kappa shape index (κ1) is 13.8. The smallest absolute Gasteiger partial charge is 0.239 e. The van der Waals surface area contributed by atoms with Crippen molar-refractivity contribution in [1.82, 2.24) is 10.2 Å². The maximum Gasteiger partial charge on any atom is 0.239 e. The van der Waals surface area contributed by atoms with Gasteiger partial charge in [0, 0.05) is 13.1 Å². The number of nitrogens with zero attached hydrogens (tertiary/aromatic N) is 1. The molecule has 2 rings (SSSR count). The molecule has 2 aliphatic heterocycles. The summed E-state index contributed by atoms with van der Waals surface area (Å²) in [5, 5.41) is 3.30. The minimum atomic E-state index is 0. The molecule has 0 radical (unpaired) electrons. The van der Waals surface area contributed by atoms with Gasteiger partial charge in [-0.2, -0.15) is 0 Å². The Hall–Kier alpha value is -0.280. The molecule has 16 heavy (non-hydrogen) atoms. The highest BCUT2D eigenvalue weighted by molar-refractivity contribution is 5.85. The normalized spacial score (nSPS) is 26.8. The largest absolute Gasteiger partial charge is 0.341 e. The third-order valence-corrected chi connectivity index (χ3v) is 3.53. The standard InChI is InChI=1S/C12H22N2O.ClH/c15-12(11-7-6-8-13-11)14-9-4-2-1-3-5-10-14;/h11,13H,1-10H2;1H. The summed E-state index contributed by atoms with van der Waals surface area (Å²) in [6, 6.07) is 0.129. The number of amides is 1. The van der Waals surface area contributed by atoms with Crippen molar-refractivity contribution in [3.8, 4) is 0 Å². The molecule has 0 aromatic heterocycles. The second-order valence-electron chi connectivity index (χ2n) is 4.74. The van der Waals surface area contributed by atoms with Crippen molar-refractivity contribution in [2.45, 2.75) is 51.0 Å². The van der Waals surface area contributed by atoms with E-state index < -0.39 is 0 Å². The van der Waals surface area contributed by atoms with Gasteiger partial charge >= 0.3 is 0 Å². The fraction of sp³-hybridized carbons (Fsp3) is 0.917. The molecule has 1 unspecified atom stereocenters. The molecule has 1 atom stereocenters. The molecule has 0 bridgehead atoms. The Morgan fingerprint density at radius 1 is 1.00 bits per heavy atom. The third-order valence-electron chi connectivity index (χ3n) is 3.53. The molecule has 0 saturated carbocycles. The van der Waals surface area contributed by atoms with Gasteiger partial charge in [-0.25, -0.2) is 0 Å². The Balaban J connectivity index is 0.00000128. The number of carbonyl (C=O) groups excluding carboxylic acids is 1. The highest BCUT2D eigenvalue weighted by Crippen LogP contribution is 2.14. The lowest BCUT2D eigenvalue weighted by atomic mass is 10.1. The molecule has 3 nitrogen and oxygen atoms in total. The molecule has 4 heteroatoms. The van der Waals surface area contributed by atoms with Gasteiger partial charge in [-0.05, 0) is 32.2 Å². The first-order valence-corrected chi connectivity index (χ1v) is 6.40. The summed E-state index contributed by atoms with van der Waals surface area (Å²) in [4.78, 5) is 14.2. The van der Waals surface area contributed by atoms with Crippen LogP contribution in [0.25, 0.3) is 0 Å². The maximum absolute atomic E-state index is 12.1. The Bertz CT molecular complexity index is 209. The highest BCUT2D eigenvalue weighted by Gasteiger charge is 2.26. The summed E-state index contributed by atoms with van der Waals surface area (Å²) in [5.41, 5.74) is 0. The predicted octanol–water partition coefficient (Wildman–Crippen LogP) is 1.95. The Morgan fingerprint density at radius 3 is 2.19 bits per heavy atom. The summed E-state index contributed by atoms with van der Waals surface area (Å²) in [6.07, 6.45) is 8.52. The van der Waals surface area contributed by atoms with Gasteiger partial charge in [0.2, 0.25) is 5.91 Å². The third kappa shape index (κ3) is 3.63. The van der Waals surface area contributed by atoms with E-state index in [-0.39, 0.29) is 18.4 Å². The number of hydrogen-bond donors (Lipinski definition) is 1. The van der Waals surface area contributed by atoms with E-state index in [1.807, 2.05) is 0 Å². The van der Waals surface area contributed by atoms with Gasteiger partial charge in [0.25, 0.3) is 0 Å². The van der Waals surface area contributed by atoms with Gasteiger partial charge < -0.3 is 10.2 Å². The van der Waals surface area contributed by atoms with Crippen LogP contribution in [0, 0.1) is 0 Å². The monoisotopic (exact) mass is 246 g/mol. The fourth-order valence-electron chi connectivity index (χ4n) is 2.58. The molecule has 94 valence electrons. The molecule has 2 fully saturated rings. The van der Waals surface area contributed by atoms with Gasteiger partial charge in [-0.15, -0.1) is 12.4 Å². The van der Waals surface area contributed by atoms with Crippen molar-refractivity contribution in [2.24, 2.45) is 0 Å². The first-order valence-electron chi connectivity index (χ1n) is 6.40. The van der Waals surface area contributed by atoms with E-state index in [0.717, 1.165) is 32.5 Å². The molecule has 2 aliphatic rings. The second kappa shape index (κ2) is 7.13. The van der Waals surface area contributed by atoms with Crippen LogP contribution in [0.4, 0.5) is 0 Å². The predicted molar refractivity (Wildman–Crippen MR) is 67.9 cm³/mol. The van der Waals surface area contributed by atoms with Gasteiger partial charge in [-0.3, -0.25) is 4.79 Å². The molecule has 0 aromatic carbocycles. The van der Waals surface area contributed by atoms with E-state index in [4.69, 9.17) is 0 Å². The van der Waals surface area contributed by atoms with Crippen LogP contribution >= 0.6 is 12.4 Å². The molecule has 0 aliphatic carbocycles. The fourth-order valence-corrected chi connectivity index (χ4v) is 2.58. The first-order chi connectivity index (χ1) is 7.38. The topological polar surface area (TPSA) is 32.3 Å². The molecule has 2 heterocycles. The Kier molecular flexibility index (Phi) is 6.14. The van der Waals surface area contributed by atoms with Gasteiger partial charge in [0.05, 0.1) is 6.04 Å². The average molecular weight is 247 g/mol. The summed E-state index contributed by atoms with van der Waals surface area (Å²) in [5.74, 6) is 0.356. The molecule has 1 N–H and O–H groups in total. The van der Waals surface area contributed by atoms with Crippen molar-refractivity contribution in [2.75, 3.05) is 19.6 Å². The average Bonchev–Trinajstić information content (AvgIpc) is 2.68. The van der Waals surface area contributed by atoms with Crippen molar-refractivity contribution < 1.29 is 4.79 Å². The zero-order valence-electron chi connectivity index (χ0n) is 9.91. The summed E-state index contributed by atoms with van der Waals surface area (Å²) in [7, 11) is 0. The van der Waals surface area contributed by atoms with E-state index in [9.17, 15) is 4.79 Å². The van der Waals surface area contributed by atoms with E-state index in [1.165, 1.54) is 32.1 Å². The summed E-state index contributed by atoms with van der Waals surface area (Å²) in [6.45, 7) is 2.98. The zero-order valence-corrected chi connectivity index (χ0v) is 10.7. The van der Waals surface area contributed by atoms with E-state index in [2.05, 4.69) is 10.2 Å². The van der Waals surface area contributed by atoms with Crippen LogP contribution in [0.5, 0.6) is 0 Å². The van der Waals surface area contributed by atoms with Crippen LogP contribution in [0.3, 0.4) is 0 Å². The second-order valence-corrected chi connectivity index (χ2v) is 4.74. The minimum absolute atomic E-state index is 0. The lowest BCUT2D eigenvalue weighted by molar-refractivity contribution is -0.133. The van der Waals surface area contributed by atoms with Crippen molar-refractivity contribution in [3.63, 3.8) is 0 Å². The van der Waals surface area contributed by atoms with Crippen LogP contribution in [0.15, 0.2) is 0 Å². The molecule has 0 aromatic rings. The zero-order chi connectivity index (χ0) is 10.5. The van der Waals surface area contributed by atoms with Crippen LogP contribution < -0.4 is 5.32 Å². The van der Waals surface area contributed by atoms with Gasteiger partial charge in [0.1, 0.15) is 0 Å². The quantitative estimate of drug-likeness (QED) is 0.767. The van der Waals surface area contributed by atoms with E-state index in [1.54, 1.807) is 0 Å². The number of likely N-dealkylation sites (tertiary alicyclic amines) is 1.